The smallest absolute Gasteiger partial charge is 1.00 e. The van der Waals surface area contributed by atoms with Crippen LogP contribution in [0.3, 0.4) is 0 Å². The minimum atomic E-state index is -1.40. The van der Waals surface area contributed by atoms with Crippen molar-refractivity contribution in [1.29, 1.82) is 0 Å². The van der Waals surface area contributed by atoms with Crippen LogP contribution in [-0.2, 0) is 20.4 Å². The van der Waals surface area contributed by atoms with Gasteiger partial charge in [0.1, 0.15) is 0 Å². The summed E-state index contributed by atoms with van der Waals surface area (Å²) in [5.41, 5.74) is 3.37. The van der Waals surface area contributed by atoms with Gasteiger partial charge in [-0.25, -0.2) is 0 Å². The van der Waals surface area contributed by atoms with Crippen LogP contribution in [0.1, 0.15) is 34.1 Å². The fourth-order valence-corrected chi connectivity index (χ4v) is 8.81. The predicted molar refractivity (Wildman–Crippen MR) is 103 cm³/mol. The van der Waals surface area contributed by atoms with Gasteiger partial charge in [0.25, 0.3) is 0 Å². The molecule has 5 heteroatoms. The van der Waals surface area contributed by atoms with Crippen molar-refractivity contribution >= 4 is 19.2 Å². The van der Waals surface area contributed by atoms with Crippen molar-refractivity contribution < 1.29 is 57.7 Å². The van der Waals surface area contributed by atoms with Crippen molar-refractivity contribution in [3.63, 3.8) is 0 Å². The summed E-state index contributed by atoms with van der Waals surface area (Å²) in [6, 6.07) is 22.4. The number of hydrogen-bond acceptors (Lipinski definition) is 0. The minimum Gasteiger partial charge on any atom is -1.00 e. The number of allylic oxidation sites excluding steroid dienone is 4. The molecule has 0 spiro atoms. The first kappa shape index (κ1) is 26.7. The zero-order valence-electron chi connectivity index (χ0n) is 16.2. The Balaban J connectivity index is 0.00000225. The van der Waals surface area contributed by atoms with E-state index in [-0.39, 0.29) is 42.6 Å². The van der Waals surface area contributed by atoms with Gasteiger partial charge in [-0.2, -0.15) is 0 Å². The van der Waals surface area contributed by atoms with Crippen molar-refractivity contribution in [2.24, 2.45) is 5.41 Å². The van der Waals surface area contributed by atoms with E-state index < -0.39 is 8.80 Å². The molecule has 0 fully saturated rings. The fourth-order valence-electron chi connectivity index (χ4n) is 3.83. The molecule has 0 N–H and O–H groups in total. The zero-order valence-corrected chi connectivity index (χ0v) is 21.2. The molecular weight excluding hydrogens is 447 g/mol. The summed E-state index contributed by atoms with van der Waals surface area (Å²) in [5.74, 6) is 0. The van der Waals surface area contributed by atoms with Crippen LogP contribution in [0.25, 0.3) is 0 Å². The van der Waals surface area contributed by atoms with E-state index >= 15 is 0 Å². The van der Waals surface area contributed by atoms with Gasteiger partial charge in [0.15, 0.2) is 0 Å². The number of benzene rings is 2. The fraction of sp³-hybridized carbons (Fsp3) is 0.273. The van der Waals surface area contributed by atoms with E-state index in [0.29, 0.717) is 0 Å². The zero-order chi connectivity index (χ0) is 17.3. The van der Waals surface area contributed by atoms with Crippen LogP contribution in [0.2, 0.25) is 0 Å². The maximum atomic E-state index is 2.37. The van der Waals surface area contributed by atoms with E-state index in [1.54, 1.807) is 16.3 Å². The molecule has 3 rings (SSSR count). The average molecular weight is 472 g/mol. The minimum absolute atomic E-state index is 0. The summed E-state index contributed by atoms with van der Waals surface area (Å²) >= 11 is 2.32. The van der Waals surface area contributed by atoms with Crippen molar-refractivity contribution in [2.75, 3.05) is 0 Å². The first-order chi connectivity index (χ1) is 11.4. The Hall–Kier alpha value is -0.279. The first-order valence-corrected chi connectivity index (χ1v) is 11.2. The molecule has 0 bridgehead atoms. The quantitative estimate of drug-likeness (QED) is 0.394. The van der Waals surface area contributed by atoms with Gasteiger partial charge in [-0.1, -0.05) is 0 Å². The van der Waals surface area contributed by atoms with Crippen LogP contribution in [-0.4, -0.2) is 8.80 Å². The Kier molecular flexibility index (Phi) is 10.9. The standard InChI is InChI=1S/C22H25Si.3ClH.Ti/c1-17-15-20(22(2,3)4)21(16-17)23(18-11-7-5-8-12-18)19-13-9-6-10-14-19;;;;/h5-14,23H,16H2,1-4H3;3*1H;/q;;;;+3/p-3. The SMILES string of the molecule is CC1=[C]([Ti+3])C(C(C)(C)C)=C([SiH](c2ccccc2)c2ccccc2)C1.[Cl-].[Cl-].[Cl-]. The molecule has 0 saturated heterocycles. The van der Waals surface area contributed by atoms with Crippen molar-refractivity contribution in [1.82, 2.24) is 0 Å². The van der Waals surface area contributed by atoms with Crippen LogP contribution in [0.4, 0.5) is 0 Å². The summed E-state index contributed by atoms with van der Waals surface area (Å²) < 4.78 is 1.53. The third-order valence-corrected chi connectivity index (χ3v) is 9.17. The van der Waals surface area contributed by atoms with Gasteiger partial charge in [0.2, 0.25) is 0 Å². The third kappa shape index (κ3) is 5.85. The van der Waals surface area contributed by atoms with Gasteiger partial charge in [-0.05, 0) is 0 Å². The molecule has 142 valence electrons. The monoisotopic (exact) mass is 470 g/mol. The Morgan fingerprint density at radius 2 is 1.19 bits per heavy atom. The molecular formula is C22H25Cl3SiTi. The first-order valence-electron chi connectivity index (χ1n) is 8.64. The second-order valence-corrected chi connectivity index (χ2v) is 11.4. The molecule has 0 atom stereocenters. The molecule has 2 aromatic rings. The molecule has 1 aliphatic carbocycles. The number of hydrogen-bond donors (Lipinski definition) is 0. The topological polar surface area (TPSA) is 0 Å². The van der Waals surface area contributed by atoms with E-state index in [2.05, 4.69) is 109 Å². The summed E-state index contributed by atoms with van der Waals surface area (Å²) in [5, 5.41) is 4.78. The molecule has 0 unspecified atom stereocenters. The van der Waals surface area contributed by atoms with Crippen LogP contribution >= 0.6 is 0 Å². The molecule has 0 amide bonds. The molecule has 0 aromatic heterocycles. The molecule has 2 aromatic carbocycles. The Bertz CT molecular complexity index is 754. The van der Waals surface area contributed by atoms with Gasteiger partial charge in [-0.15, -0.1) is 0 Å². The maximum absolute atomic E-state index is 2.37. The van der Waals surface area contributed by atoms with E-state index in [9.17, 15) is 0 Å². The van der Waals surface area contributed by atoms with Crippen LogP contribution in [0, 0.1) is 5.41 Å². The molecule has 0 saturated carbocycles. The van der Waals surface area contributed by atoms with Gasteiger partial charge >= 0.3 is 160 Å². The third-order valence-electron chi connectivity index (χ3n) is 4.82. The second-order valence-electron chi connectivity index (χ2n) is 7.74. The van der Waals surface area contributed by atoms with Gasteiger partial charge < -0.3 is 37.2 Å². The molecule has 27 heavy (non-hydrogen) atoms. The maximum Gasteiger partial charge on any atom is -1.00 e. The van der Waals surface area contributed by atoms with E-state index in [1.807, 2.05) is 0 Å². The second kappa shape index (κ2) is 11.0. The van der Waals surface area contributed by atoms with Gasteiger partial charge in [-0.3, -0.25) is 0 Å². The van der Waals surface area contributed by atoms with Gasteiger partial charge in [0.05, 0.1) is 0 Å². The Morgan fingerprint density at radius 1 is 0.778 bits per heavy atom. The van der Waals surface area contributed by atoms with Crippen molar-refractivity contribution in [3.8, 4) is 0 Å². The molecule has 0 heterocycles. The Labute approximate surface area is 196 Å². The van der Waals surface area contributed by atoms with Gasteiger partial charge in [0, 0.05) is 0 Å². The van der Waals surface area contributed by atoms with Crippen LogP contribution < -0.4 is 47.6 Å². The molecule has 0 nitrogen and oxygen atoms in total. The predicted octanol–water partition coefficient (Wildman–Crippen LogP) is -4.85. The summed E-state index contributed by atoms with van der Waals surface area (Å²) in [4.78, 5) is 0. The molecule has 1 aliphatic rings. The molecule has 0 aliphatic heterocycles. The summed E-state index contributed by atoms with van der Waals surface area (Å²) in [6.07, 6.45) is 1.15. The largest absolute Gasteiger partial charge is 1.00 e. The van der Waals surface area contributed by atoms with Crippen LogP contribution in [0.15, 0.2) is 80.9 Å². The van der Waals surface area contributed by atoms with Crippen LogP contribution in [0.5, 0.6) is 0 Å². The summed E-state index contributed by atoms with van der Waals surface area (Å²) in [6.45, 7) is 9.42. The van der Waals surface area contributed by atoms with Crippen molar-refractivity contribution in [3.05, 3.63) is 80.9 Å². The molecule has 0 radical (unpaired) electrons. The number of rotatable bonds is 3. The van der Waals surface area contributed by atoms with Crippen molar-refractivity contribution in [2.45, 2.75) is 34.1 Å². The number of halogens is 3. The summed E-state index contributed by atoms with van der Waals surface area (Å²) in [7, 11) is -1.40. The van der Waals surface area contributed by atoms with E-state index in [0.717, 1.165) is 6.42 Å². The normalized spacial score (nSPS) is 13.9. The van der Waals surface area contributed by atoms with E-state index in [1.165, 1.54) is 14.3 Å². The Morgan fingerprint density at radius 3 is 1.56 bits per heavy atom. The van der Waals surface area contributed by atoms with E-state index in [4.69, 9.17) is 0 Å². The average Bonchev–Trinajstić information content (AvgIpc) is 2.85.